The summed E-state index contributed by atoms with van der Waals surface area (Å²) in [7, 11) is 0. The Kier molecular flexibility index (Phi) is 6.62. The molecule has 0 radical (unpaired) electrons. The van der Waals surface area contributed by atoms with Gasteiger partial charge in [-0.15, -0.1) is 0 Å². The molecule has 0 N–H and O–H groups in total. The van der Waals surface area contributed by atoms with Gasteiger partial charge in [0.2, 0.25) is 5.88 Å². The fourth-order valence-electron chi connectivity index (χ4n) is 1.96. The molecule has 0 amide bonds. The van der Waals surface area contributed by atoms with Crippen molar-refractivity contribution in [2.75, 3.05) is 0 Å². The van der Waals surface area contributed by atoms with Crippen molar-refractivity contribution in [1.82, 2.24) is 19.9 Å². The third-order valence-electron chi connectivity index (χ3n) is 2.93. The van der Waals surface area contributed by atoms with E-state index in [1.165, 1.54) is 18.2 Å². The lowest BCUT2D eigenvalue weighted by molar-refractivity contribution is -0.110. The molecule has 7 nitrogen and oxygen atoms in total. The van der Waals surface area contributed by atoms with E-state index in [-0.39, 0.29) is 17.4 Å². The molecule has 148 valence electrons. The van der Waals surface area contributed by atoms with E-state index in [4.69, 9.17) is 9.47 Å². The van der Waals surface area contributed by atoms with Crippen molar-refractivity contribution < 1.29 is 14.3 Å². The molecular formula is C21H26N4O3. The lowest BCUT2D eigenvalue weighted by atomic mass is 10.2. The van der Waals surface area contributed by atoms with Gasteiger partial charge in [0.15, 0.2) is 11.6 Å². The van der Waals surface area contributed by atoms with Crippen LogP contribution in [0.3, 0.4) is 0 Å². The molecule has 7 heteroatoms. The predicted octanol–water partition coefficient (Wildman–Crippen LogP) is 3.92. The minimum Gasteiger partial charge on any atom is -0.472 e. The number of carbonyl (C=O) groups is 1. The number of hydrogen-bond donors (Lipinski definition) is 0. The molecule has 28 heavy (non-hydrogen) atoms. The van der Waals surface area contributed by atoms with E-state index in [1.54, 1.807) is 30.6 Å². The van der Waals surface area contributed by atoms with Gasteiger partial charge in [-0.05, 0) is 71.9 Å². The topological polar surface area (TPSA) is 87.1 Å². The first-order valence-corrected chi connectivity index (χ1v) is 8.94. The summed E-state index contributed by atoms with van der Waals surface area (Å²) >= 11 is 0. The van der Waals surface area contributed by atoms with Gasteiger partial charge in [0.05, 0.1) is 5.69 Å². The highest BCUT2D eigenvalue weighted by molar-refractivity contribution is 6.04. The van der Waals surface area contributed by atoms with Crippen LogP contribution in [0, 0.1) is 0 Å². The molecule has 2 aromatic rings. The average Bonchev–Trinajstić information content (AvgIpc) is 2.56. The summed E-state index contributed by atoms with van der Waals surface area (Å²) in [5.41, 5.74) is -0.180. The molecule has 2 heterocycles. The van der Waals surface area contributed by atoms with Crippen LogP contribution >= 0.6 is 0 Å². The van der Waals surface area contributed by atoms with E-state index in [0.29, 0.717) is 17.4 Å². The second-order valence-electron chi connectivity index (χ2n) is 8.02. The Morgan fingerprint density at radius 1 is 0.857 bits per heavy atom. The van der Waals surface area contributed by atoms with Gasteiger partial charge in [-0.25, -0.2) is 9.97 Å². The molecule has 0 bridgehead atoms. The Balaban J connectivity index is 2.02. The van der Waals surface area contributed by atoms with E-state index in [9.17, 15) is 4.79 Å². The van der Waals surface area contributed by atoms with Crippen LogP contribution in [-0.2, 0) is 4.79 Å². The molecule has 0 fully saturated rings. The monoisotopic (exact) mass is 382 g/mol. The number of rotatable bonds is 6. The Morgan fingerprint density at radius 2 is 1.50 bits per heavy atom. The van der Waals surface area contributed by atoms with Gasteiger partial charge >= 0.3 is 6.01 Å². The Labute approximate surface area is 165 Å². The molecule has 0 aliphatic rings. The molecule has 0 unspecified atom stereocenters. The molecule has 2 aromatic heterocycles. The van der Waals surface area contributed by atoms with Gasteiger partial charge in [-0.2, -0.15) is 9.97 Å². The zero-order chi connectivity index (χ0) is 20.8. The Morgan fingerprint density at radius 3 is 2.18 bits per heavy atom. The standard InChI is InChI=1S/C21H26N4O3/c1-20(2,3)27-18-12-14-22-17(25-18)10-9-16(26)8-7-15-11-13-23-19(24-15)28-21(4,5)6/h7-14H,1-6H3. The smallest absolute Gasteiger partial charge is 0.317 e. The molecule has 0 aromatic carbocycles. The Bertz CT molecular complexity index is 806. The van der Waals surface area contributed by atoms with Crippen LogP contribution in [0.5, 0.6) is 11.9 Å². The van der Waals surface area contributed by atoms with Crippen LogP contribution in [0.25, 0.3) is 12.2 Å². The summed E-state index contributed by atoms with van der Waals surface area (Å²) in [6, 6.07) is 3.64. The minimum atomic E-state index is -0.397. The first-order chi connectivity index (χ1) is 13.0. The third kappa shape index (κ3) is 8.07. The second-order valence-corrected chi connectivity index (χ2v) is 8.02. The molecule has 2 rings (SSSR count). The van der Waals surface area contributed by atoms with Crippen LogP contribution in [0.1, 0.15) is 53.1 Å². The van der Waals surface area contributed by atoms with Crippen molar-refractivity contribution in [3.05, 3.63) is 48.2 Å². The number of hydrogen-bond acceptors (Lipinski definition) is 7. The zero-order valence-corrected chi connectivity index (χ0v) is 17.1. The molecule has 0 aliphatic heterocycles. The van der Waals surface area contributed by atoms with E-state index in [0.717, 1.165) is 0 Å². The van der Waals surface area contributed by atoms with Crippen LogP contribution in [0.4, 0.5) is 0 Å². The molecule has 0 saturated carbocycles. The maximum absolute atomic E-state index is 12.1. The van der Waals surface area contributed by atoms with Gasteiger partial charge in [0, 0.05) is 18.5 Å². The maximum Gasteiger partial charge on any atom is 0.317 e. The number of ether oxygens (including phenoxy) is 2. The Hall–Kier alpha value is -3.09. The number of carbonyl (C=O) groups excluding carboxylic acids is 1. The van der Waals surface area contributed by atoms with Gasteiger partial charge in [-0.3, -0.25) is 4.79 Å². The van der Waals surface area contributed by atoms with Crippen LogP contribution < -0.4 is 9.47 Å². The first kappa shape index (κ1) is 21.2. The summed E-state index contributed by atoms with van der Waals surface area (Å²) in [5.74, 6) is 0.631. The second kappa shape index (κ2) is 8.73. The van der Waals surface area contributed by atoms with Crippen molar-refractivity contribution in [2.45, 2.75) is 52.7 Å². The van der Waals surface area contributed by atoms with Crippen LogP contribution in [0.15, 0.2) is 36.7 Å². The van der Waals surface area contributed by atoms with Crippen molar-refractivity contribution >= 4 is 17.9 Å². The van der Waals surface area contributed by atoms with E-state index < -0.39 is 5.60 Å². The van der Waals surface area contributed by atoms with Gasteiger partial charge < -0.3 is 9.47 Å². The lowest BCUT2D eigenvalue weighted by Gasteiger charge is -2.20. The SMILES string of the molecule is CC(C)(C)Oc1ccnc(C=CC(=O)C=Cc2ccnc(OC(C)(C)C)n2)n1. The molecule has 0 spiro atoms. The largest absolute Gasteiger partial charge is 0.472 e. The average molecular weight is 382 g/mol. The van der Waals surface area contributed by atoms with Gasteiger partial charge in [0.25, 0.3) is 0 Å². The quantitative estimate of drug-likeness (QED) is 0.700. The van der Waals surface area contributed by atoms with Crippen molar-refractivity contribution in [2.24, 2.45) is 0 Å². The highest BCUT2D eigenvalue weighted by atomic mass is 16.5. The molecule has 0 aliphatic carbocycles. The number of nitrogens with zero attached hydrogens (tertiary/aromatic N) is 4. The van der Waals surface area contributed by atoms with Crippen molar-refractivity contribution in [3.8, 4) is 11.9 Å². The molecular weight excluding hydrogens is 356 g/mol. The number of ketones is 1. The third-order valence-corrected chi connectivity index (χ3v) is 2.93. The predicted molar refractivity (Wildman–Crippen MR) is 108 cm³/mol. The molecule has 0 saturated heterocycles. The van der Waals surface area contributed by atoms with Crippen LogP contribution in [-0.4, -0.2) is 36.9 Å². The highest BCUT2D eigenvalue weighted by Gasteiger charge is 2.14. The minimum absolute atomic E-state index is 0.220. The first-order valence-electron chi connectivity index (χ1n) is 8.94. The van der Waals surface area contributed by atoms with Gasteiger partial charge in [-0.1, -0.05) is 0 Å². The maximum atomic E-state index is 12.1. The summed E-state index contributed by atoms with van der Waals surface area (Å²) in [6.45, 7) is 11.5. The highest BCUT2D eigenvalue weighted by Crippen LogP contribution is 2.15. The van der Waals surface area contributed by atoms with E-state index >= 15 is 0 Å². The van der Waals surface area contributed by atoms with E-state index in [1.807, 2.05) is 41.5 Å². The van der Waals surface area contributed by atoms with Crippen molar-refractivity contribution in [3.63, 3.8) is 0 Å². The zero-order valence-electron chi connectivity index (χ0n) is 17.1. The normalized spacial score (nSPS) is 12.5. The summed E-state index contributed by atoms with van der Waals surface area (Å²) in [6.07, 6.45) is 9.12. The van der Waals surface area contributed by atoms with Gasteiger partial charge in [0.1, 0.15) is 11.2 Å². The summed E-state index contributed by atoms with van der Waals surface area (Å²) in [4.78, 5) is 28.8. The molecule has 0 atom stereocenters. The van der Waals surface area contributed by atoms with E-state index in [2.05, 4.69) is 19.9 Å². The van der Waals surface area contributed by atoms with Crippen molar-refractivity contribution in [1.29, 1.82) is 0 Å². The summed E-state index contributed by atoms with van der Waals surface area (Å²) in [5, 5.41) is 0. The van der Waals surface area contributed by atoms with Crippen LogP contribution in [0.2, 0.25) is 0 Å². The number of allylic oxidation sites excluding steroid dienone is 2. The summed E-state index contributed by atoms with van der Waals surface area (Å²) < 4.78 is 11.3. The fraction of sp³-hybridized carbons (Fsp3) is 0.381. The lowest BCUT2D eigenvalue weighted by Crippen LogP contribution is -2.24. The number of aromatic nitrogens is 4. The fourth-order valence-corrected chi connectivity index (χ4v) is 1.96.